The fourth-order valence-electron chi connectivity index (χ4n) is 3.74. The minimum absolute atomic E-state index is 0.0878. The average Bonchev–Trinajstić information content (AvgIpc) is 2.72. The van der Waals surface area contributed by atoms with Gasteiger partial charge in [-0.15, -0.1) is 6.42 Å². The normalized spacial score (nSPS) is 14.4. The Kier molecular flexibility index (Phi) is 9.77. The lowest BCUT2D eigenvalue weighted by atomic mass is 9.87. The summed E-state index contributed by atoms with van der Waals surface area (Å²) in [7, 11) is 0. The summed E-state index contributed by atoms with van der Waals surface area (Å²) in [6, 6.07) is 6.25. The standard InChI is InChI=1S/C26H37N3O4/c1-6-8-11-17-27-24(31)23(21-16-10-9-13-19(21)7-2)29(20-14-12-15-20)22(30)18-28-25(32)33-26(3,4)5/h2,9-10,13,16,20,23H,6,8,11-12,14-15,17-18H2,1,3-5H3,(H,27,31)(H,28,32). The van der Waals surface area contributed by atoms with Crippen LogP contribution in [0.5, 0.6) is 0 Å². The van der Waals surface area contributed by atoms with E-state index < -0.39 is 17.7 Å². The zero-order valence-electron chi connectivity index (χ0n) is 20.3. The van der Waals surface area contributed by atoms with Gasteiger partial charge in [0.25, 0.3) is 0 Å². The number of amides is 3. The predicted molar refractivity (Wildman–Crippen MR) is 128 cm³/mol. The Balaban J connectivity index is 2.30. The second-order valence-corrected chi connectivity index (χ2v) is 9.37. The van der Waals surface area contributed by atoms with Gasteiger partial charge in [-0.1, -0.05) is 43.9 Å². The molecule has 1 unspecified atom stereocenters. The van der Waals surface area contributed by atoms with Crippen LogP contribution in [0.3, 0.4) is 0 Å². The third kappa shape index (κ3) is 7.81. The SMILES string of the molecule is C#Cc1ccccc1C(C(=O)NCCCCC)N(C(=O)CNC(=O)OC(C)(C)C)C1CCC1. The summed E-state index contributed by atoms with van der Waals surface area (Å²) >= 11 is 0. The van der Waals surface area contributed by atoms with Crippen molar-refractivity contribution >= 4 is 17.9 Å². The van der Waals surface area contributed by atoms with Crippen LogP contribution < -0.4 is 10.6 Å². The minimum Gasteiger partial charge on any atom is -0.444 e. The quantitative estimate of drug-likeness (QED) is 0.413. The van der Waals surface area contributed by atoms with E-state index >= 15 is 0 Å². The van der Waals surface area contributed by atoms with Gasteiger partial charge in [0.1, 0.15) is 18.2 Å². The van der Waals surface area contributed by atoms with Gasteiger partial charge in [-0.3, -0.25) is 9.59 Å². The molecule has 33 heavy (non-hydrogen) atoms. The summed E-state index contributed by atoms with van der Waals surface area (Å²) in [4.78, 5) is 40.5. The molecule has 180 valence electrons. The minimum atomic E-state index is -0.864. The molecule has 1 aliphatic rings. The largest absolute Gasteiger partial charge is 0.444 e. The lowest BCUT2D eigenvalue weighted by Gasteiger charge is -2.42. The van der Waals surface area contributed by atoms with Crippen molar-refractivity contribution in [2.75, 3.05) is 13.1 Å². The molecule has 2 N–H and O–H groups in total. The second kappa shape index (κ2) is 12.3. The summed E-state index contributed by atoms with van der Waals surface area (Å²) in [6.07, 6.45) is 10.6. The van der Waals surface area contributed by atoms with Gasteiger partial charge < -0.3 is 20.3 Å². The molecular formula is C26H37N3O4. The number of hydrogen-bond acceptors (Lipinski definition) is 4. The molecule has 0 radical (unpaired) electrons. The predicted octanol–water partition coefficient (Wildman–Crippen LogP) is 3.92. The highest BCUT2D eigenvalue weighted by molar-refractivity contribution is 5.91. The molecule has 0 aliphatic heterocycles. The van der Waals surface area contributed by atoms with E-state index in [-0.39, 0.29) is 24.4 Å². The third-order valence-corrected chi connectivity index (χ3v) is 5.56. The van der Waals surface area contributed by atoms with E-state index in [1.165, 1.54) is 0 Å². The first-order valence-electron chi connectivity index (χ1n) is 11.8. The maximum absolute atomic E-state index is 13.4. The number of hydrogen-bond donors (Lipinski definition) is 2. The van der Waals surface area contributed by atoms with E-state index in [1.807, 2.05) is 12.1 Å². The lowest BCUT2D eigenvalue weighted by Crippen LogP contribution is -2.54. The molecule has 0 spiro atoms. The maximum atomic E-state index is 13.4. The Bertz CT molecular complexity index is 865. The van der Waals surface area contributed by atoms with Crippen molar-refractivity contribution < 1.29 is 19.1 Å². The van der Waals surface area contributed by atoms with E-state index in [0.29, 0.717) is 17.7 Å². The molecule has 1 atom stereocenters. The maximum Gasteiger partial charge on any atom is 0.408 e. The lowest BCUT2D eigenvalue weighted by molar-refractivity contribution is -0.145. The Morgan fingerprint density at radius 3 is 2.45 bits per heavy atom. The van der Waals surface area contributed by atoms with Crippen LogP contribution in [0.4, 0.5) is 4.79 Å². The van der Waals surface area contributed by atoms with Crippen LogP contribution in [0.2, 0.25) is 0 Å². The molecule has 0 aromatic heterocycles. The number of terminal acetylenes is 1. The molecule has 1 aromatic rings. The monoisotopic (exact) mass is 455 g/mol. The van der Waals surface area contributed by atoms with E-state index in [2.05, 4.69) is 23.5 Å². The molecule has 0 bridgehead atoms. The highest BCUT2D eigenvalue weighted by atomic mass is 16.6. The van der Waals surface area contributed by atoms with Crippen molar-refractivity contribution in [3.63, 3.8) is 0 Å². The molecule has 3 amide bonds. The van der Waals surface area contributed by atoms with Crippen molar-refractivity contribution in [2.45, 2.75) is 83.9 Å². The van der Waals surface area contributed by atoms with Crippen molar-refractivity contribution in [2.24, 2.45) is 0 Å². The molecule has 2 rings (SSSR count). The van der Waals surface area contributed by atoms with Crippen LogP contribution in [0, 0.1) is 12.3 Å². The number of nitrogens with zero attached hydrogens (tertiary/aromatic N) is 1. The summed E-state index contributed by atoms with van der Waals surface area (Å²) < 4.78 is 5.25. The van der Waals surface area contributed by atoms with Crippen molar-refractivity contribution in [1.82, 2.24) is 15.5 Å². The number of benzene rings is 1. The number of rotatable bonds is 10. The van der Waals surface area contributed by atoms with Crippen LogP contribution in [0.1, 0.15) is 83.4 Å². The van der Waals surface area contributed by atoms with Crippen LogP contribution in [0.25, 0.3) is 0 Å². The van der Waals surface area contributed by atoms with E-state index in [0.717, 1.165) is 38.5 Å². The molecule has 1 aliphatic carbocycles. The number of carbonyl (C=O) groups is 3. The fourth-order valence-corrected chi connectivity index (χ4v) is 3.74. The van der Waals surface area contributed by atoms with Gasteiger partial charge >= 0.3 is 6.09 Å². The third-order valence-electron chi connectivity index (χ3n) is 5.56. The topological polar surface area (TPSA) is 87.7 Å². The summed E-state index contributed by atoms with van der Waals surface area (Å²) in [5.74, 6) is 2.04. The van der Waals surface area contributed by atoms with Crippen molar-refractivity contribution in [3.05, 3.63) is 35.4 Å². The van der Waals surface area contributed by atoms with Crippen LogP contribution in [-0.2, 0) is 14.3 Å². The molecule has 7 heteroatoms. The molecule has 0 saturated heterocycles. The molecule has 0 heterocycles. The first kappa shape index (κ1) is 26.2. The molecule has 1 aromatic carbocycles. The van der Waals surface area contributed by atoms with Gasteiger partial charge in [0.05, 0.1) is 0 Å². The number of alkyl carbamates (subject to hydrolysis) is 1. The Hall–Kier alpha value is -3.01. The number of ether oxygens (including phenoxy) is 1. The molecular weight excluding hydrogens is 418 g/mol. The zero-order valence-corrected chi connectivity index (χ0v) is 20.3. The van der Waals surface area contributed by atoms with Gasteiger partial charge in [-0.25, -0.2) is 4.79 Å². The van der Waals surface area contributed by atoms with Crippen molar-refractivity contribution in [3.8, 4) is 12.3 Å². The second-order valence-electron chi connectivity index (χ2n) is 9.37. The smallest absolute Gasteiger partial charge is 0.408 e. The van der Waals surface area contributed by atoms with Crippen LogP contribution in [0.15, 0.2) is 24.3 Å². The first-order chi connectivity index (χ1) is 15.7. The highest BCUT2D eigenvalue weighted by Gasteiger charge is 2.39. The van der Waals surface area contributed by atoms with Crippen molar-refractivity contribution in [1.29, 1.82) is 0 Å². The van der Waals surface area contributed by atoms with E-state index in [1.54, 1.807) is 37.8 Å². The number of nitrogens with one attached hydrogen (secondary N) is 2. The van der Waals surface area contributed by atoms with E-state index in [9.17, 15) is 14.4 Å². The van der Waals surface area contributed by atoms with Gasteiger partial charge in [0, 0.05) is 18.2 Å². The molecule has 7 nitrogen and oxygen atoms in total. The van der Waals surface area contributed by atoms with Crippen LogP contribution in [-0.4, -0.2) is 47.5 Å². The highest BCUT2D eigenvalue weighted by Crippen LogP contribution is 2.34. The first-order valence-corrected chi connectivity index (χ1v) is 11.8. The van der Waals surface area contributed by atoms with E-state index in [4.69, 9.17) is 11.2 Å². The van der Waals surface area contributed by atoms with Gasteiger partial charge in [0.2, 0.25) is 11.8 Å². The molecule has 1 saturated carbocycles. The zero-order chi connectivity index (χ0) is 24.4. The summed E-state index contributed by atoms with van der Waals surface area (Å²) in [6.45, 7) is 7.64. The van der Waals surface area contributed by atoms with Gasteiger partial charge in [0.15, 0.2) is 0 Å². The van der Waals surface area contributed by atoms with Crippen LogP contribution >= 0.6 is 0 Å². The van der Waals surface area contributed by atoms with Gasteiger partial charge in [-0.05, 0) is 58.1 Å². The Morgan fingerprint density at radius 2 is 1.88 bits per heavy atom. The molecule has 1 fully saturated rings. The number of unbranched alkanes of at least 4 members (excludes halogenated alkanes) is 2. The Labute approximate surface area is 197 Å². The fraction of sp³-hybridized carbons (Fsp3) is 0.577. The number of carbonyl (C=O) groups excluding carboxylic acids is 3. The average molecular weight is 456 g/mol. The summed E-state index contributed by atoms with van der Waals surface area (Å²) in [5, 5.41) is 5.52. The van der Waals surface area contributed by atoms with Gasteiger partial charge in [-0.2, -0.15) is 0 Å². The Morgan fingerprint density at radius 1 is 1.18 bits per heavy atom. The summed E-state index contributed by atoms with van der Waals surface area (Å²) in [5.41, 5.74) is 0.516.